The first-order chi connectivity index (χ1) is 8.06. The first-order valence-electron chi connectivity index (χ1n) is 5.05. The predicted molar refractivity (Wildman–Crippen MR) is 73.3 cm³/mol. The molecule has 0 aliphatic rings. The third-order valence-electron chi connectivity index (χ3n) is 2.13. The number of para-hydroxylation sites is 1. The van der Waals surface area contributed by atoms with Crippen molar-refractivity contribution in [3.05, 3.63) is 38.8 Å². The second kappa shape index (κ2) is 6.81. The van der Waals surface area contributed by atoms with Crippen molar-refractivity contribution in [2.24, 2.45) is 0 Å². The van der Waals surface area contributed by atoms with E-state index in [0.717, 1.165) is 8.95 Å². The molecule has 0 unspecified atom stereocenters. The maximum Gasteiger partial charge on any atom is 0.331 e. The van der Waals surface area contributed by atoms with Crippen molar-refractivity contribution in [3.8, 4) is 5.75 Å². The fourth-order valence-corrected chi connectivity index (χ4v) is 2.46. The van der Waals surface area contributed by atoms with Crippen LogP contribution in [0.15, 0.2) is 38.8 Å². The molecule has 1 N–H and O–H groups in total. The Labute approximate surface area is 117 Å². The van der Waals surface area contributed by atoms with E-state index < -0.39 is 5.97 Å². The summed E-state index contributed by atoms with van der Waals surface area (Å²) in [5.74, 6) is -0.230. The lowest BCUT2D eigenvalue weighted by Gasteiger charge is -2.08. The van der Waals surface area contributed by atoms with Crippen molar-refractivity contribution < 1.29 is 14.6 Å². The number of carboxylic acid groups (broad SMARTS) is 1. The SMILES string of the molecule is CCC(=CCOc1c(Br)cccc1Br)C(=O)O. The van der Waals surface area contributed by atoms with E-state index in [9.17, 15) is 4.79 Å². The van der Waals surface area contributed by atoms with Crippen molar-refractivity contribution in [2.45, 2.75) is 13.3 Å². The molecule has 5 heteroatoms. The molecule has 0 saturated heterocycles. The molecule has 3 nitrogen and oxygen atoms in total. The van der Waals surface area contributed by atoms with E-state index in [1.165, 1.54) is 0 Å². The molecule has 92 valence electrons. The minimum atomic E-state index is -0.901. The molecule has 0 aliphatic heterocycles. The summed E-state index contributed by atoms with van der Waals surface area (Å²) in [5, 5.41) is 8.84. The molecule has 17 heavy (non-hydrogen) atoms. The lowest BCUT2D eigenvalue weighted by Crippen LogP contribution is -2.03. The van der Waals surface area contributed by atoms with Crippen LogP contribution in [0.1, 0.15) is 13.3 Å². The van der Waals surface area contributed by atoms with Gasteiger partial charge in [0.05, 0.1) is 8.95 Å². The van der Waals surface area contributed by atoms with Gasteiger partial charge in [-0.3, -0.25) is 0 Å². The third kappa shape index (κ3) is 4.16. The molecule has 0 atom stereocenters. The molecular weight excluding hydrogens is 352 g/mol. The van der Waals surface area contributed by atoms with E-state index >= 15 is 0 Å². The van der Waals surface area contributed by atoms with Crippen LogP contribution in [0.3, 0.4) is 0 Å². The molecule has 0 saturated carbocycles. The summed E-state index contributed by atoms with van der Waals surface area (Å²) >= 11 is 6.74. The lowest BCUT2D eigenvalue weighted by atomic mass is 10.2. The van der Waals surface area contributed by atoms with Crippen LogP contribution in [0.2, 0.25) is 0 Å². The topological polar surface area (TPSA) is 46.5 Å². The van der Waals surface area contributed by atoms with Gasteiger partial charge < -0.3 is 9.84 Å². The fraction of sp³-hybridized carbons (Fsp3) is 0.250. The van der Waals surface area contributed by atoms with Crippen LogP contribution in [0.4, 0.5) is 0 Å². The smallest absolute Gasteiger partial charge is 0.331 e. The summed E-state index contributed by atoms with van der Waals surface area (Å²) in [6.07, 6.45) is 2.06. The predicted octanol–water partition coefficient (Wildman–Crippen LogP) is 4.01. The van der Waals surface area contributed by atoms with Gasteiger partial charge >= 0.3 is 5.97 Å². The van der Waals surface area contributed by atoms with Crippen molar-refractivity contribution in [1.82, 2.24) is 0 Å². The number of halogens is 2. The Morgan fingerprint density at radius 2 is 2.00 bits per heavy atom. The van der Waals surface area contributed by atoms with E-state index in [4.69, 9.17) is 9.84 Å². The summed E-state index contributed by atoms with van der Waals surface area (Å²) in [5.41, 5.74) is 0.355. The average Bonchev–Trinajstić information content (AvgIpc) is 2.27. The lowest BCUT2D eigenvalue weighted by molar-refractivity contribution is -0.132. The first-order valence-corrected chi connectivity index (χ1v) is 6.64. The number of carboxylic acids is 1. The molecule has 1 aromatic rings. The summed E-state index contributed by atoms with van der Waals surface area (Å²) in [4.78, 5) is 10.8. The van der Waals surface area contributed by atoms with Gasteiger partial charge in [0.15, 0.2) is 0 Å². The van der Waals surface area contributed by atoms with Crippen LogP contribution in [-0.2, 0) is 4.79 Å². The van der Waals surface area contributed by atoms with Crippen molar-refractivity contribution >= 4 is 37.8 Å². The van der Waals surface area contributed by atoms with Gasteiger partial charge in [-0.25, -0.2) is 4.79 Å². The summed E-state index contributed by atoms with van der Waals surface area (Å²) in [6.45, 7) is 2.03. The van der Waals surface area contributed by atoms with E-state index in [1.807, 2.05) is 18.2 Å². The molecule has 0 aromatic heterocycles. The number of hydrogen-bond donors (Lipinski definition) is 1. The first kappa shape index (κ1) is 14.3. The molecule has 0 fully saturated rings. The Bertz CT molecular complexity index is 421. The van der Waals surface area contributed by atoms with Crippen LogP contribution >= 0.6 is 31.9 Å². The van der Waals surface area contributed by atoms with Crippen molar-refractivity contribution in [1.29, 1.82) is 0 Å². The van der Waals surface area contributed by atoms with Crippen LogP contribution < -0.4 is 4.74 Å². The molecule has 1 rings (SSSR count). The normalized spacial score (nSPS) is 11.4. The van der Waals surface area contributed by atoms with Gasteiger partial charge in [-0.15, -0.1) is 0 Å². The molecule has 1 aromatic carbocycles. The Morgan fingerprint density at radius 3 is 2.47 bits per heavy atom. The number of hydrogen-bond acceptors (Lipinski definition) is 2. The van der Waals surface area contributed by atoms with Gasteiger partial charge in [0.25, 0.3) is 0 Å². The van der Waals surface area contributed by atoms with Crippen LogP contribution in [0, 0.1) is 0 Å². The third-order valence-corrected chi connectivity index (χ3v) is 3.38. The van der Waals surface area contributed by atoms with Crippen molar-refractivity contribution in [2.75, 3.05) is 6.61 Å². The number of ether oxygens (including phenoxy) is 1. The highest BCUT2D eigenvalue weighted by molar-refractivity contribution is 9.11. The zero-order chi connectivity index (χ0) is 12.8. The highest BCUT2D eigenvalue weighted by Crippen LogP contribution is 2.32. The molecule has 0 aliphatic carbocycles. The number of carbonyl (C=O) groups is 1. The highest BCUT2D eigenvalue weighted by Gasteiger charge is 2.06. The Kier molecular flexibility index (Phi) is 5.71. The van der Waals surface area contributed by atoms with E-state index in [-0.39, 0.29) is 6.61 Å². The monoisotopic (exact) mass is 362 g/mol. The number of aliphatic carboxylic acids is 1. The quantitative estimate of drug-likeness (QED) is 0.804. The van der Waals surface area contributed by atoms with Gasteiger partial charge in [-0.1, -0.05) is 13.0 Å². The van der Waals surface area contributed by atoms with Crippen LogP contribution in [-0.4, -0.2) is 17.7 Å². The zero-order valence-electron chi connectivity index (χ0n) is 9.24. The van der Waals surface area contributed by atoms with Gasteiger partial charge in [0.1, 0.15) is 12.4 Å². The molecule has 0 bridgehead atoms. The van der Waals surface area contributed by atoms with Gasteiger partial charge in [0.2, 0.25) is 0 Å². The standard InChI is InChI=1S/C12H12Br2O3/c1-2-8(12(15)16)6-7-17-11-9(13)4-3-5-10(11)14/h3-6H,2,7H2,1H3,(H,15,16). The molecule has 0 heterocycles. The Balaban J connectivity index is 2.71. The van der Waals surface area contributed by atoms with E-state index in [1.54, 1.807) is 13.0 Å². The molecule has 0 amide bonds. The Hall–Kier alpha value is -0.810. The van der Waals surface area contributed by atoms with Gasteiger partial charge in [-0.05, 0) is 56.5 Å². The van der Waals surface area contributed by atoms with Crippen LogP contribution in [0.25, 0.3) is 0 Å². The van der Waals surface area contributed by atoms with E-state index in [2.05, 4.69) is 31.9 Å². The second-order valence-corrected chi connectivity index (χ2v) is 4.96. The average molecular weight is 364 g/mol. The maximum atomic E-state index is 10.8. The fourth-order valence-electron chi connectivity index (χ4n) is 1.23. The zero-order valence-corrected chi connectivity index (χ0v) is 12.4. The van der Waals surface area contributed by atoms with Gasteiger partial charge in [0, 0.05) is 5.57 Å². The number of rotatable bonds is 5. The van der Waals surface area contributed by atoms with Crippen LogP contribution in [0.5, 0.6) is 5.75 Å². The highest BCUT2D eigenvalue weighted by atomic mass is 79.9. The Morgan fingerprint density at radius 1 is 1.41 bits per heavy atom. The molecule has 0 spiro atoms. The summed E-state index contributed by atoms with van der Waals surface area (Å²) in [6, 6.07) is 5.61. The molecule has 0 radical (unpaired) electrons. The minimum absolute atomic E-state index is 0.233. The second-order valence-electron chi connectivity index (χ2n) is 3.25. The minimum Gasteiger partial charge on any atom is -0.487 e. The molecular formula is C12H12Br2O3. The summed E-state index contributed by atoms with van der Waals surface area (Å²) in [7, 11) is 0. The van der Waals surface area contributed by atoms with Gasteiger partial charge in [-0.2, -0.15) is 0 Å². The van der Waals surface area contributed by atoms with Crippen molar-refractivity contribution in [3.63, 3.8) is 0 Å². The largest absolute Gasteiger partial charge is 0.487 e. The summed E-state index contributed by atoms with van der Waals surface area (Å²) < 4.78 is 7.17. The maximum absolute atomic E-state index is 10.8. The number of benzene rings is 1. The van der Waals surface area contributed by atoms with E-state index in [0.29, 0.717) is 17.7 Å².